The summed E-state index contributed by atoms with van der Waals surface area (Å²) in [6, 6.07) is 4.45. The second kappa shape index (κ2) is 7.54. The summed E-state index contributed by atoms with van der Waals surface area (Å²) in [4.78, 5) is 11.9. The molecule has 2 amide bonds. The zero-order chi connectivity index (χ0) is 18.7. The molecule has 1 aliphatic rings. The average Bonchev–Trinajstić information content (AvgIpc) is 2.47. The Morgan fingerprint density at radius 2 is 1.72 bits per heavy atom. The van der Waals surface area contributed by atoms with Gasteiger partial charge in [0.1, 0.15) is 5.75 Å². The Balaban J connectivity index is 1.83. The van der Waals surface area contributed by atoms with Crippen molar-refractivity contribution in [2.24, 2.45) is 0 Å². The minimum absolute atomic E-state index is 0.155. The normalized spacial score (nSPS) is 17.0. The van der Waals surface area contributed by atoms with E-state index >= 15 is 0 Å². The number of rotatable bonds is 5. The molecule has 0 aromatic heterocycles. The number of benzene rings is 1. The van der Waals surface area contributed by atoms with Crippen LogP contribution in [-0.2, 0) is 20.5 Å². The number of carbonyl (C=O) groups excluding carboxylic acids is 1. The fourth-order valence-electron chi connectivity index (χ4n) is 2.39. The first-order valence-corrected chi connectivity index (χ1v) is 10.5. The zero-order valence-electron chi connectivity index (χ0n) is 13.3. The summed E-state index contributed by atoms with van der Waals surface area (Å²) in [5.74, 6) is -0.221. The first kappa shape index (κ1) is 19.4. The number of hydrogen-bond donors (Lipinski definition) is 2. The van der Waals surface area contributed by atoms with Crippen molar-refractivity contribution >= 4 is 32.2 Å². The third-order valence-corrected chi connectivity index (χ3v) is 5.26. The van der Waals surface area contributed by atoms with E-state index < -0.39 is 26.6 Å². The van der Waals surface area contributed by atoms with E-state index in [0.29, 0.717) is 31.6 Å². The molecule has 140 valence electrons. The Hall–Kier alpha value is -1.92. The number of piperidine rings is 1. The summed E-state index contributed by atoms with van der Waals surface area (Å²) in [5, 5.41) is 5.27. The van der Waals surface area contributed by atoms with Crippen LogP contribution in [-0.4, -0.2) is 52.6 Å². The Labute approximate surface area is 145 Å². The van der Waals surface area contributed by atoms with Gasteiger partial charge in [0.25, 0.3) is 0 Å². The summed E-state index contributed by atoms with van der Waals surface area (Å²) in [6.45, 7) is 0.682. The quantitative estimate of drug-likeness (QED) is 0.712. The lowest BCUT2D eigenvalue weighted by Crippen LogP contribution is -2.47. The highest BCUT2D eigenvalue weighted by Gasteiger charge is 2.25. The van der Waals surface area contributed by atoms with Gasteiger partial charge in [-0.1, -0.05) is 3.89 Å². The highest BCUT2D eigenvalue weighted by molar-refractivity contribution is 7.88. The number of nitrogens with zero attached hydrogens (tertiary/aromatic N) is 1. The predicted molar refractivity (Wildman–Crippen MR) is 88.7 cm³/mol. The van der Waals surface area contributed by atoms with E-state index in [1.54, 1.807) is 0 Å². The average molecular weight is 395 g/mol. The van der Waals surface area contributed by atoms with Crippen molar-refractivity contribution in [3.8, 4) is 5.75 Å². The lowest BCUT2D eigenvalue weighted by atomic mass is 10.1. The van der Waals surface area contributed by atoms with Crippen LogP contribution in [0.4, 0.5) is 14.4 Å². The Morgan fingerprint density at radius 3 is 2.20 bits per heavy atom. The molecule has 1 aromatic carbocycles. The number of carbonyl (C=O) groups is 1. The molecule has 2 rings (SSSR count). The van der Waals surface area contributed by atoms with Gasteiger partial charge < -0.3 is 14.8 Å². The van der Waals surface area contributed by atoms with Gasteiger partial charge >= 0.3 is 16.5 Å². The van der Waals surface area contributed by atoms with Crippen molar-refractivity contribution < 1.29 is 29.7 Å². The summed E-state index contributed by atoms with van der Waals surface area (Å²) < 4.78 is 61.4. The second-order valence-electron chi connectivity index (χ2n) is 5.54. The van der Waals surface area contributed by atoms with Crippen molar-refractivity contribution in [3.05, 3.63) is 24.3 Å². The summed E-state index contributed by atoms with van der Waals surface area (Å²) in [6.07, 6.45) is 2.15. The van der Waals surface area contributed by atoms with Crippen LogP contribution in [0.25, 0.3) is 0 Å². The van der Waals surface area contributed by atoms with E-state index in [1.807, 2.05) is 0 Å². The van der Waals surface area contributed by atoms with Crippen LogP contribution in [0.5, 0.6) is 5.75 Å². The lowest BCUT2D eigenvalue weighted by molar-refractivity contribution is 0.238. The van der Waals surface area contributed by atoms with Gasteiger partial charge in [0.2, 0.25) is 10.0 Å². The predicted octanol–water partition coefficient (Wildman–Crippen LogP) is 0.825. The van der Waals surface area contributed by atoms with Crippen molar-refractivity contribution in [2.45, 2.75) is 18.9 Å². The molecular formula is C13H18FN3O6S2. The Morgan fingerprint density at radius 1 is 1.16 bits per heavy atom. The Bertz CT molecular complexity index is 818. The maximum absolute atomic E-state index is 12.4. The SMILES string of the molecule is CS(=O)(=O)N1CCC(NC(=O)Nc2ccc(OS(=O)(=O)F)cc2)CC1. The standard InChI is InChI=1S/C13H18FN3O6S2/c1-24(19,20)17-8-6-11(7-9-17)16-13(18)15-10-2-4-12(5-3-10)23-25(14,21)22/h2-5,11H,6-9H2,1H3,(H2,15,16,18). The van der Waals surface area contributed by atoms with Crippen LogP contribution in [0.3, 0.4) is 0 Å². The molecule has 2 N–H and O–H groups in total. The Kier molecular flexibility index (Phi) is 5.85. The van der Waals surface area contributed by atoms with Gasteiger partial charge in [0.15, 0.2) is 0 Å². The van der Waals surface area contributed by atoms with Crippen LogP contribution in [0.2, 0.25) is 0 Å². The summed E-state index contributed by atoms with van der Waals surface area (Å²) >= 11 is 0. The van der Waals surface area contributed by atoms with Crippen molar-refractivity contribution in [3.63, 3.8) is 0 Å². The topological polar surface area (TPSA) is 122 Å². The molecule has 1 aliphatic heterocycles. The zero-order valence-corrected chi connectivity index (χ0v) is 14.9. The number of urea groups is 1. The molecule has 0 bridgehead atoms. The molecule has 0 radical (unpaired) electrons. The lowest BCUT2D eigenvalue weighted by Gasteiger charge is -2.30. The number of halogens is 1. The minimum atomic E-state index is -5.09. The monoisotopic (exact) mass is 395 g/mol. The highest BCUT2D eigenvalue weighted by Crippen LogP contribution is 2.18. The van der Waals surface area contributed by atoms with Gasteiger partial charge in [-0.2, -0.15) is 8.42 Å². The van der Waals surface area contributed by atoms with Gasteiger partial charge in [-0.05, 0) is 37.1 Å². The molecule has 0 saturated carbocycles. The molecule has 9 nitrogen and oxygen atoms in total. The van der Waals surface area contributed by atoms with E-state index in [9.17, 15) is 25.5 Å². The van der Waals surface area contributed by atoms with Crippen LogP contribution in [0.1, 0.15) is 12.8 Å². The van der Waals surface area contributed by atoms with Gasteiger partial charge in [-0.25, -0.2) is 17.5 Å². The first-order valence-electron chi connectivity index (χ1n) is 7.30. The largest absolute Gasteiger partial charge is 0.488 e. The smallest absolute Gasteiger partial charge is 0.358 e. The second-order valence-corrected chi connectivity index (χ2v) is 8.47. The maximum atomic E-state index is 12.4. The fraction of sp³-hybridized carbons (Fsp3) is 0.462. The van der Waals surface area contributed by atoms with E-state index in [4.69, 9.17) is 0 Å². The minimum Gasteiger partial charge on any atom is -0.358 e. The van der Waals surface area contributed by atoms with Crippen LogP contribution >= 0.6 is 0 Å². The molecule has 1 heterocycles. The molecule has 0 aliphatic carbocycles. The summed E-state index contributed by atoms with van der Waals surface area (Å²) in [5.41, 5.74) is 0.356. The number of amides is 2. The maximum Gasteiger partial charge on any atom is 0.488 e. The molecule has 1 fully saturated rings. The fourth-order valence-corrected chi connectivity index (χ4v) is 3.61. The molecule has 1 saturated heterocycles. The number of sulfonamides is 1. The van der Waals surface area contributed by atoms with Crippen LogP contribution in [0, 0.1) is 0 Å². The molecule has 0 spiro atoms. The van der Waals surface area contributed by atoms with E-state index in [1.165, 1.54) is 28.6 Å². The van der Waals surface area contributed by atoms with E-state index in [2.05, 4.69) is 14.8 Å². The first-order chi connectivity index (χ1) is 11.5. The molecule has 1 aromatic rings. The van der Waals surface area contributed by atoms with E-state index in [-0.39, 0.29) is 11.8 Å². The van der Waals surface area contributed by atoms with Gasteiger partial charge in [-0.15, -0.1) is 0 Å². The number of nitrogens with one attached hydrogen (secondary N) is 2. The molecule has 25 heavy (non-hydrogen) atoms. The van der Waals surface area contributed by atoms with Crippen LogP contribution in [0.15, 0.2) is 24.3 Å². The van der Waals surface area contributed by atoms with Crippen molar-refractivity contribution in [1.82, 2.24) is 9.62 Å². The molecule has 0 atom stereocenters. The van der Waals surface area contributed by atoms with Crippen molar-refractivity contribution in [1.29, 1.82) is 0 Å². The highest BCUT2D eigenvalue weighted by atomic mass is 32.3. The van der Waals surface area contributed by atoms with Gasteiger partial charge in [0.05, 0.1) is 6.26 Å². The number of anilines is 1. The third kappa shape index (κ3) is 6.48. The molecular weight excluding hydrogens is 377 g/mol. The van der Waals surface area contributed by atoms with Gasteiger partial charge in [0, 0.05) is 24.8 Å². The third-order valence-electron chi connectivity index (χ3n) is 3.57. The van der Waals surface area contributed by atoms with Gasteiger partial charge in [-0.3, -0.25) is 0 Å². The molecule has 0 unspecified atom stereocenters. The number of hydrogen-bond acceptors (Lipinski definition) is 6. The van der Waals surface area contributed by atoms with Crippen LogP contribution < -0.4 is 14.8 Å². The van der Waals surface area contributed by atoms with E-state index in [0.717, 1.165) is 6.26 Å². The summed E-state index contributed by atoms with van der Waals surface area (Å²) in [7, 11) is -8.31. The molecule has 12 heteroatoms. The van der Waals surface area contributed by atoms with Crippen molar-refractivity contribution in [2.75, 3.05) is 24.7 Å².